The zero-order valence-corrected chi connectivity index (χ0v) is 10.4. The highest BCUT2D eigenvalue weighted by Gasteiger charge is 2.25. The first kappa shape index (κ1) is 12.1. The van der Waals surface area contributed by atoms with Crippen LogP contribution in [-0.2, 0) is 0 Å². The van der Waals surface area contributed by atoms with Gasteiger partial charge in [0.15, 0.2) is 0 Å². The van der Waals surface area contributed by atoms with Crippen molar-refractivity contribution in [1.29, 1.82) is 0 Å². The van der Waals surface area contributed by atoms with Crippen molar-refractivity contribution in [3.05, 3.63) is 12.2 Å². The molecule has 2 rings (SSSR count). The molecule has 0 heterocycles. The Balaban J connectivity index is 1.75. The summed E-state index contributed by atoms with van der Waals surface area (Å²) in [6.45, 7) is 2.61. The maximum Gasteiger partial charge on any atom is 0.0494 e. The number of nitrogens with one attached hydrogen (secondary N) is 1. The number of hydrogen-bond acceptors (Lipinski definition) is 2. The second-order valence-corrected chi connectivity index (χ2v) is 5.47. The van der Waals surface area contributed by atoms with Crippen molar-refractivity contribution >= 4 is 0 Å². The van der Waals surface area contributed by atoms with Gasteiger partial charge in [-0.2, -0.15) is 0 Å². The van der Waals surface area contributed by atoms with Gasteiger partial charge in [-0.3, -0.25) is 0 Å². The van der Waals surface area contributed by atoms with E-state index in [0.717, 1.165) is 12.3 Å². The molecule has 1 saturated carbocycles. The lowest BCUT2D eigenvalue weighted by molar-refractivity contribution is 0.234. The molecule has 2 aliphatic carbocycles. The second-order valence-electron chi connectivity index (χ2n) is 5.47. The molecule has 0 aliphatic heterocycles. The quantitative estimate of drug-likeness (QED) is 0.718. The van der Waals surface area contributed by atoms with Crippen molar-refractivity contribution in [2.75, 3.05) is 6.61 Å². The molecular weight excluding hydrogens is 198 g/mol. The first-order valence-electron chi connectivity index (χ1n) is 6.87. The van der Waals surface area contributed by atoms with Crippen molar-refractivity contribution in [2.24, 2.45) is 11.8 Å². The van der Waals surface area contributed by atoms with E-state index in [1.54, 1.807) is 0 Å². The van der Waals surface area contributed by atoms with E-state index in [9.17, 15) is 0 Å². The monoisotopic (exact) mass is 223 g/mol. The highest BCUT2D eigenvalue weighted by atomic mass is 16.3. The molecular formula is C14H25NO. The van der Waals surface area contributed by atoms with Gasteiger partial charge in [-0.15, -0.1) is 0 Å². The van der Waals surface area contributed by atoms with Gasteiger partial charge in [-0.25, -0.2) is 0 Å². The molecule has 0 aromatic rings. The molecule has 0 amide bonds. The third-order valence-corrected chi connectivity index (χ3v) is 4.22. The van der Waals surface area contributed by atoms with Gasteiger partial charge < -0.3 is 10.4 Å². The lowest BCUT2D eigenvalue weighted by atomic mass is 9.84. The Bertz CT molecular complexity index is 239. The van der Waals surface area contributed by atoms with Crippen LogP contribution in [0.25, 0.3) is 0 Å². The molecule has 0 aromatic carbocycles. The van der Waals surface area contributed by atoms with E-state index in [2.05, 4.69) is 24.4 Å². The van der Waals surface area contributed by atoms with Crippen LogP contribution in [0.2, 0.25) is 0 Å². The van der Waals surface area contributed by atoms with Crippen molar-refractivity contribution in [1.82, 2.24) is 5.32 Å². The Kier molecular flexibility index (Phi) is 4.42. The normalized spacial score (nSPS) is 39.1. The zero-order valence-electron chi connectivity index (χ0n) is 10.4. The fourth-order valence-corrected chi connectivity index (χ4v) is 3.15. The summed E-state index contributed by atoms with van der Waals surface area (Å²) in [6, 6.07) is 1.23. The Morgan fingerprint density at radius 1 is 1.25 bits per heavy atom. The third-order valence-electron chi connectivity index (χ3n) is 4.22. The van der Waals surface area contributed by atoms with Crippen LogP contribution >= 0.6 is 0 Å². The second kappa shape index (κ2) is 5.83. The van der Waals surface area contributed by atoms with Gasteiger partial charge in [0.2, 0.25) is 0 Å². The minimum Gasteiger partial charge on any atom is -0.396 e. The number of rotatable bonds is 4. The fourth-order valence-electron chi connectivity index (χ4n) is 3.15. The Hall–Kier alpha value is -0.340. The first-order valence-corrected chi connectivity index (χ1v) is 6.87. The Labute approximate surface area is 99.1 Å². The summed E-state index contributed by atoms with van der Waals surface area (Å²) < 4.78 is 0. The smallest absolute Gasteiger partial charge is 0.0494 e. The summed E-state index contributed by atoms with van der Waals surface area (Å²) in [5.41, 5.74) is 0. The highest BCUT2D eigenvalue weighted by Crippen LogP contribution is 2.28. The van der Waals surface area contributed by atoms with E-state index in [4.69, 9.17) is 5.11 Å². The average molecular weight is 223 g/mol. The average Bonchev–Trinajstić information content (AvgIpc) is 2.77. The van der Waals surface area contributed by atoms with Crippen LogP contribution in [0.5, 0.6) is 0 Å². The van der Waals surface area contributed by atoms with Crippen LogP contribution in [0.3, 0.4) is 0 Å². The molecule has 0 saturated heterocycles. The van der Waals surface area contributed by atoms with E-state index in [0.29, 0.717) is 24.6 Å². The van der Waals surface area contributed by atoms with Crippen molar-refractivity contribution in [3.63, 3.8) is 0 Å². The summed E-state index contributed by atoms with van der Waals surface area (Å²) >= 11 is 0. The fraction of sp³-hybridized carbons (Fsp3) is 0.857. The molecule has 0 radical (unpaired) electrons. The summed E-state index contributed by atoms with van der Waals surface area (Å²) in [5, 5.41) is 12.8. The first-order chi connectivity index (χ1) is 7.81. The third kappa shape index (κ3) is 3.08. The van der Waals surface area contributed by atoms with Crippen molar-refractivity contribution in [2.45, 2.75) is 57.5 Å². The van der Waals surface area contributed by atoms with E-state index in [-0.39, 0.29) is 0 Å². The van der Waals surface area contributed by atoms with Gasteiger partial charge in [0.05, 0.1) is 0 Å². The van der Waals surface area contributed by atoms with Crippen LogP contribution in [0.4, 0.5) is 0 Å². The minimum atomic E-state index is 0.303. The van der Waals surface area contributed by atoms with Gasteiger partial charge in [-0.1, -0.05) is 38.3 Å². The zero-order chi connectivity index (χ0) is 11.4. The van der Waals surface area contributed by atoms with E-state index in [1.807, 2.05) is 0 Å². The minimum absolute atomic E-state index is 0.303. The van der Waals surface area contributed by atoms with Gasteiger partial charge >= 0.3 is 0 Å². The molecule has 2 nitrogen and oxygen atoms in total. The van der Waals surface area contributed by atoms with Crippen molar-refractivity contribution < 1.29 is 5.11 Å². The molecule has 2 heteroatoms. The maximum atomic E-state index is 9.09. The van der Waals surface area contributed by atoms with Crippen LogP contribution in [-0.4, -0.2) is 23.8 Å². The van der Waals surface area contributed by atoms with Crippen LogP contribution in [0, 0.1) is 11.8 Å². The highest BCUT2D eigenvalue weighted by molar-refractivity contribution is 5.06. The molecule has 0 unspecified atom stereocenters. The Morgan fingerprint density at radius 3 is 2.81 bits per heavy atom. The van der Waals surface area contributed by atoms with Crippen LogP contribution < -0.4 is 5.32 Å². The van der Waals surface area contributed by atoms with E-state index >= 15 is 0 Å². The number of aliphatic hydroxyl groups excluding tert-OH is 1. The largest absolute Gasteiger partial charge is 0.396 e. The molecule has 0 spiro atoms. The van der Waals surface area contributed by atoms with Gasteiger partial charge in [-0.05, 0) is 25.2 Å². The number of aliphatic hydroxyl groups is 1. The molecule has 1 fully saturated rings. The molecule has 0 bridgehead atoms. The maximum absolute atomic E-state index is 9.09. The Morgan fingerprint density at radius 2 is 2.12 bits per heavy atom. The molecule has 16 heavy (non-hydrogen) atoms. The lowest BCUT2D eigenvalue weighted by Crippen LogP contribution is -2.39. The van der Waals surface area contributed by atoms with Crippen LogP contribution in [0.1, 0.15) is 45.4 Å². The molecule has 92 valence electrons. The number of hydrogen-bond donors (Lipinski definition) is 2. The summed E-state index contributed by atoms with van der Waals surface area (Å²) in [5.74, 6) is 1.33. The predicted molar refractivity (Wildman–Crippen MR) is 67.3 cm³/mol. The van der Waals surface area contributed by atoms with Gasteiger partial charge in [0, 0.05) is 24.6 Å². The predicted octanol–water partition coefficient (Wildman–Crippen LogP) is 2.48. The molecule has 2 aliphatic rings. The van der Waals surface area contributed by atoms with Gasteiger partial charge in [0.25, 0.3) is 0 Å². The topological polar surface area (TPSA) is 32.3 Å². The van der Waals surface area contributed by atoms with E-state index in [1.165, 1.54) is 32.1 Å². The van der Waals surface area contributed by atoms with Gasteiger partial charge in [0.1, 0.15) is 0 Å². The standard InChI is InChI=1S/C14H25NO/c1-2-11-4-3-5-13(8-11)15-14-7-6-12(9-14)10-16/h6-7,11-16H,2-5,8-10H2,1H3/t11-,12-,13-,14+/m0/s1. The SMILES string of the molecule is CC[C@H]1CCC[C@H](N[C@@H]2C=C[C@H](CO)C2)C1. The lowest BCUT2D eigenvalue weighted by Gasteiger charge is -2.31. The molecule has 2 N–H and O–H groups in total. The van der Waals surface area contributed by atoms with Crippen molar-refractivity contribution in [3.8, 4) is 0 Å². The van der Waals surface area contributed by atoms with E-state index < -0.39 is 0 Å². The van der Waals surface area contributed by atoms with Crippen LogP contribution in [0.15, 0.2) is 12.2 Å². The molecule has 0 aromatic heterocycles. The summed E-state index contributed by atoms with van der Waals surface area (Å²) in [4.78, 5) is 0. The summed E-state index contributed by atoms with van der Waals surface area (Å²) in [7, 11) is 0. The molecule has 4 atom stereocenters. The summed E-state index contributed by atoms with van der Waals surface area (Å²) in [6.07, 6.45) is 12.3.